The van der Waals surface area contributed by atoms with Gasteiger partial charge < -0.3 is 9.80 Å². The number of carbonyl (C=O) groups is 1. The van der Waals surface area contributed by atoms with Crippen LogP contribution in [0.25, 0.3) is 11.3 Å². The van der Waals surface area contributed by atoms with E-state index in [4.69, 9.17) is 4.98 Å². The number of fused-ring (bicyclic) bond motifs is 4. The molecule has 4 atom stereocenters. The van der Waals surface area contributed by atoms with Crippen molar-refractivity contribution in [3.8, 4) is 11.3 Å². The highest BCUT2D eigenvalue weighted by molar-refractivity contribution is 5.78. The summed E-state index contributed by atoms with van der Waals surface area (Å²) < 4.78 is 0. The summed E-state index contributed by atoms with van der Waals surface area (Å²) in [5.74, 6) is 2.23. The number of nitrogens with zero attached hydrogens (tertiary/aromatic N) is 5. The summed E-state index contributed by atoms with van der Waals surface area (Å²) in [7, 11) is 0. The normalized spacial score (nSPS) is 27.9. The van der Waals surface area contributed by atoms with Crippen molar-refractivity contribution in [2.45, 2.75) is 71.4 Å². The predicted octanol–water partition coefficient (Wildman–Crippen LogP) is 4.16. The average molecular weight is 420 g/mol. The number of anilines is 1. The molecule has 6 nitrogen and oxygen atoms in total. The van der Waals surface area contributed by atoms with E-state index in [2.05, 4.69) is 32.8 Å². The molecule has 3 aliphatic heterocycles. The highest BCUT2D eigenvalue weighted by Gasteiger charge is 2.49. The second-order valence-corrected chi connectivity index (χ2v) is 9.60. The van der Waals surface area contributed by atoms with Crippen molar-refractivity contribution in [3.05, 3.63) is 35.8 Å². The number of hydrogen-bond donors (Lipinski definition) is 0. The quantitative estimate of drug-likeness (QED) is 0.745. The number of hydrogen-bond acceptors (Lipinski definition) is 5. The maximum Gasteiger partial charge on any atom is 0.225 e. The molecular weight excluding hydrogens is 386 g/mol. The molecule has 6 heteroatoms. The van der Waals surface area contributed by atoms with Gasteiger partial charge in [0.1, 0.15) is 0 Å². The van der Waals surface area contributed by atoms with Gasteiger partial charge in [0.15, 0.2) is 0 Å². The van der Waals surface area contributed by atoms with Crippen molar-refractivity contribution in [1.29, 1.82) is 0 Å². The number of pyridine rings is 1. The van der Waals surface area contributed by atoms with Gasteiger partial charge in [0, 0.05) is 54.7 Å². The van der Waals surface area contributed by atoms with Crippen LogP contribution in [0.1, 0.15) is 56.8 Å². The summed E-state index contributed by atoms with van der Waals surface area (Å²) in [5.41, 5.74) is 4.03. The largest absolute Gasteiger partial charge is 0.340 e. The van der Waals surface area contributed by atoms with Crippen LogP contribution in [-0.4, -0.2) is 50.9 Å². The van der Waals surface area contributed by atoms with Gasteiger partial charge in [0.2, 0.25) is 11.9 Å². The van der Waals surface area contributed by atoms with E-state index in [1.54, 1.807) is 0 Å². The summed E-state index contributed by atoms with van der Waals surface area (Å²) in [5, 5.41) is 0. The molecule has 164 valence electrons. The van der Waals surface area contributed by atoms with Crippen molar-refractivity contribution in [1.82, 2.24) is 19.9 Å². The smallest absolute Gasteiger partial charge is 0.225 e. The van der Waals surface area contributed by atoms with E-state index in [9.17, 15) is 4.79 Å². The molecule has 0 spiro atoms. The van der Waals surface area contributed by atoms with Gasteiger partial charge in [-0.2, -0.15) is 0 Å². The fraction of sp³-hybridized carbons (Fsp3) is 0.600. The van der Waals surface area contributed by atoms with E-state index in [1.165, 1.54) is 6.42 Å². The minimum Gasteiger partial charge on any atom is -0.340 e. The molecule has 0 N–H and O–H groups in total. The van der Waals surface area contributed by atoms with Crippen LogP contribution in [0, 0.1) is 25.7 Å². The zero-order valence-electron chi connectivity index (χ0n) is 18.9. The molecule has 1 amide bonds. The van der Waals surface area contributed by atoms with Crippen LogP contribution in [0.5, 0.6) is 0 Å². The van der Waals surface area contributed by atoms with Gasteiger partial charge >= 0.3 is 0 Å². The van der Waals surface area contributed by atoms with E-state index < -0.39 is 0 Å². The summed E-state index contributed by atoms with van der Waals surface area (Å²) >= 11 is 0. The number of amides is 1. The Morgan fingerprint density at radius 1 is 1.10 bits per heavy atom. The lowest BCUT2D eigenvalue weighted by atomic mass is 9.71. The molecule has 0 radical (unpaired) electrons. The third-order valence-electron chi connectivity index (χ3n) is 7.51. The fourth-order valence-corrected chi connectivity index (χ4v) is 6.21. The Kier molecular flexibility index (Phi) is 5.40. The number of rotatable bonds is 4. The van der Waals surface area contributed by atoms with Gasteiger partial charge in [-0.05, 0) is 69.6 Å². The van der Waals surface area contributed by atoms with Gasteiger partial charge in [-0.25, -0.2) is 9.97 Å². The SMILES string of the molecule is CCC[C@H]1[C@H]2C[C@H](CN(c3nccc(-c4ccc(C)nc4C)n3)C2)[C@@H]2CCCC(=O)N21. The van der Waals surface area contributed by atoms with E-state index in [1.807, 2.05) is 32.2 Å². The minimum absolute atomic E-state index is 0.369. The average Bonchev–Trinajstić information content (AvgIpc) is 2.77. The predicted molar refractivity (Wildman–Crippen MR) is 122 cm³/mol. The Labute approximate surface area is 185 Å². The molecule has 3 saturated heterocycles. The van der Waals surface area contributed by atoms with Crippen LogP contribution in [0.15, 0.2) is 24.4 Å². The van der Waals surface area contributed by atoms with Gasteiger partial charge in [-0.1, -0.05) is 13.3 Å². The molecule has 0 aliphatic carbocycles. The van der Waals surface area contributed by atoms with E-state index in [0.29, 0.717) is 29.8 Å². The maximum atomic E-state index is 12.8. The first-order chi connectivity index (χ1) is 15.0. The lowest BCUT2D eigenvalue weighted by molar-refractivity contribution is -0.149. The van der Waals surface area contributed by atoms with Crippen molar-refractivity contribution in [3.63, 3.8) is 0 Å². The minimum atomic E-state index is 0.369. The standard InChI is InChI=1S/C25H33N5O/c1-4-6-22-18-13-19(23-7-5-8-24(31)30(22)23)15-29(14-18)25-26-12-11-21(28-25)20-10-9-16(2)27-17(20)3/h9-12,18-19,22-23H,4-8,13-15H2,1-3H3/t18-,19+,22-,23-/m0/s1. The zero-order chi connectivity index (χ0) is 21.5. The second-order valence-electron chi connectivity index (χ2n) is 9.60. The third-order valence-corrected chi connectivity index (χ3v) is 7.51. The van der Waals surface area contributed by atoms with Crippen LogP contribution >= 0.6 is 0 Å². The van der Waals surface area contributed by atoms with Crippen molar-refractivity contribution in [2.24, 2.45) is 11.8 Å². The molecule has 2 aromatic rings. The van der Waals surface area contributed by atoms with E-state index in [0.717, 1.165) is 73.8 Å². The molecule has 31 heavy (non-hydrogen) atoms. The van der Waals surface area contributed by atoms with Crippen LogP contribution in [-0.2, 0) is 4.79 Å². The molecule has 3 fully saturated rings. The zero-order valence-corrected chi connectivity index (χ0v) is 18.9. The maximum absolute atomic E-state index is 12.8. The second kappa shape index (κ2) is 8.21. The summed E-state index contributed by atoms with van der Waals surface area (Å²) in [6.45, 7) is 8.17. The molecule has 0 aromatic carbocycles. The molecular formula is C25H33N5O. The Balaban J connectivity index is 1.44. The van der Waals surface area contributed by atoms with Crippen molar-refractivity contribution < 1.29 is 4.79 Å². The first-order valence-corrected chi connectivity index (χ1v) is 11.9. The molecule has 0 saturated carbocycles. The highest BCUT2D eigenvalue weighted by atomic mass is 16.2. The summed E-state index contributed by atoms with van der Waals surface area (Å²) in [4.78, 5) is 31.8. The number of aryl methyl sites for hydroxylation is 2. The van der Waals surface area contributed by atoms with Crippen LogP contribution in [0.4, 0.5) is 5.95 Å². The Morgan fingerprint density at radius 3 is 2.74 bits per heavy atom. The Morgan fingerprint density at radius 2 is 1.94 bits per heavy atom. The molecule has 5 rings (SSSR count). The fourth-order valence-electron chi connectivity index (χ4n) is 6.21. The lowest BCUT2D eigenvalue weighted by Gasteiger charge is -2.56. The molecule has 5 heterocycles. The Hall–Kier alpha value is -2.50. The number of piperidine rings is 3. The van der Waals surface area contributed by atoms with Crippen molar-refractivity contribution in [2.75, 3.05) is 18.0 Å². The summed E-state index contributed by atoms with van der Waals surface area (Å²) in [6.07, 6.45) is 8.24. The van der Waals surface area contributed by atoms with Gasteiger partial charge in [-0.3, -0.25) is 9.78 Å². The summed E-state index contributed by atoms with van der Waals surface area (Å²) in [6, 6.07) is 6.89. The number of aromatic nitrogens is 3. The molecule has 2 aromatic heterocycles. The first-order valence-electron chi connectivity index (χ1n) is 11.9. The highest BCUT2D eigenvalue weighted by Crippen LogP contribution is 2.43. The van der Waals surface area contributed by atoms with Crippen LogP contribution < -0.4 is 4.90 Å². The first kappa shape index (κ1) is 20.4. The van der Waals surface area contributed by atoms with E-state index in [-0.39, 0.29) is 0 Å². The Bertz CT molecular complexity index is 976. The molecule has 3 aliphatic rings. The van der Waals surface area contributed by atoms with Crippen LogP contribution in [0.2, 0.25) is 0 Å². The molecule has 0 unspecified atom stereocenters. The monoisotopic (exact) mass is 419 g/mol. The topological polar surface area (TPSA) is 62.2 Å². The van der Waals surface area contributed by atoms with Crippen LogP contribution in [0.3, 0.4) is 0 Å². The van der Waals surface area contributed by atoms with Gasteiger partial charge in [-0.15, -0.1) is 0 Å². The van der Waals surface area contributed by atoms with Crippen molar-refractivity contribution >= 4 is 11.9 Å². The lowest BCUT2D eigenvalue weighted by Crippen LogP contribution is -2.65. The van der Waals surface area contributed by atoms with E-state index >= 15 is 0 Å². The van der Waals surface area contributed by atoms with Gasteiger partial charge in [0.25, 0.3) is 0 Å². The number of carbonyl (C=O) groups excluding carboxylic acids is 1. The molecule has 2 bridgehead atoms. The third kappa shape index (κ3) is 3.70. The van der Waals surface area contributed by atoms with Gasteiger partial charge in [0.05, 0.1) is 5.69 Å².